The molecule has 5 rings (SSSR count). The van der Waals surface area contributed by atoms with Crippen molar-refractivity contribution in [2.24, 2.45) is 4.99 Å². The van der Waals surface area contributed by atoms with Gasteiger partial charge in [0.05, 0.1) is 46.2 Å². The molecule has 3 heterocycles. The third-order valence-electron chi connectivity index (χ3n) is 6.65. The SMILES string of the molecule is CCOC(=O)C1=C(C)N=c2s/c(=C/c3ccc(-c4cc(C(=O)OC)ccc4Cl)o3)c(=O)n2[C@@H]1c1ccccc1OC(C)C. The van der Waals surface area contributed by atoms with Crippen LogP contribution < -0.4 is 19.6 Å². The number of benzene rings is 2. The molecule has 43 heavy (non-hydrogen) atoms. The molecule has 1 aliphatic heterocycles. The second kappa shape index (κ2) is 12.4. The van der Waals surface area contributed by atoms with E-state index in [-0.39, 0.29) is 23.8 Å². The molecular weight excluding hydrogens is 592 g/mol. The van der Waals surface area contributed by atoms with Gasteiger partial charge in [-0.3, -0.25) is 9.36 Å². The maximum Gasteiger partial charge on any atom is 0.338 e. The third-order valence-corrected chi connectivity index (χ3v) is 7.96. The zero-order valence-electron chi connectivity index (χ0n) is 24.2. The van der Waals surface area contributed by atoms with Crippen LogP contribution in [0.15, 0.2) is 80.1 Å². The van der Waals surface area contributed by atoms with Crippen LogP contribution in [0.3, 0.4) is 0 Å². The second-order valence-corrected chi connectivity index (χ2v) is 11.3. The van der Waals surface area contributed by atoms with Crippen LogP contribution in [0.2, 0.25) is 5.02 Å². The maximum absolute atomic E-state index is 14.0. The Labute approximate surface area is 256 Å². The van der Waals surface area contributed by atoms with Crippen LogP contribution in [0.25, 0.3) is 17.4 Å². The van der Waals surface area contributed by atoms with E-state index in [1.54, 1.807) is 50.3 Å². The maximum atomic E-state index is 14.0. The summed E-state index contributed by atoms with van der Waals surface area (Å²) in [4.78, 5) is 44.3. The zero-order chi connectivity index (χ0) is 30.8. The van der Waals surface area contributed by atoms with Crippen molar-refractivity contribution < 1.29 is 28.2 Å². The molecule has 0 spiro atoms. The van der Waals surface area contributed by atoms with Crippen molar-refractivity contribution in [2.75, 3.05) is 13.7 Å². The summed E-state index contributed by atoms with van der Waals surface area (Å²) in [5.41, 5.74) is 1.83. The monoisotopic (exact) mass is 620 g/mol. The number of para-hydroxylation sites is 1. The number of rotatable bonds is 8. The highest BCUT2D eigenvalue weighted by atomic mass is 35.5. The van der Waals surface area contributed by atoms with Gasteiger partial charge in [-0.2, -0.15) is 0 Å². The molecule has 2 aromatic carbocycles. The van der Waals surface area contributed by atoms with Crippen LogP contribution in [-0.4, -0.2) is 36.3 Å². The molecule has 0 amide bonds. The van der Waals surface area contributed by atoms with E-state index < -0.39 is 18.0 Å². The van der Waals surface area contributed by atoms with E-state index in [0.29, 0.717) is 54.0 Å². The number of ether oxygens (including phenoxy) is 3. The highest BCUT2D eigenvalue weighted by Gasteiger charge is 2.35. The van der Waals surface area contributed by atoms with Crippen molar-refractivity contribution in [3.05, 3.63) is 107 Å². The lowest BCUT2D eigenvalue weighted by molar-refractivity contribution is -0.139. The predicted molar refractivity (Wildman–Crippen MR) is 163 cm³/mol. The highest BCUT2D eigenvalue weighted by Crippen LogP contribution is 2.36. The van der Waals surface area contributed by atoms with Crippen molar-refractivity contribution in [3.8, 4) is 17.1 Å². The van der Waals surface area contributed by atoms with Crippen molar-refractivity contribution in [2.45, 2.75) is 39.8 Å². The summed E-state index contributed by atoms with van der Waals surface area (Å²) in [5.74, 6) is 0.298. The standard InChI is InChI=1S/C32H29ClN2O7S/c1-6-40-31(38)27-18(4)34-32-35(28(27)21-9-7-8-10-24(21)41-17(2)3)29(36)26(43-32)16-20-12-14-25(42-20)22-15-19(30(37)39-5)11-13-23(22)33/h7-17,28H,6H2,1-5H3/b26-16+/t28-/m1/s1. The van der Waals surface area contributed by atoms with Gasteiger partial charge < -0.3 is 18.6 Å². The average molecular weight is 621 g/mol. The fourth-order valence-electron chi connectivity index (χ4n) is 4.82. The minimum atomic E-state index is -0.820. The Hall–Kier alpha value is -4.41. The lowest BCUT2D eigenvalue weighted by Gasteiger charge is -2.26. The fourth-order valence-corrected chi connectivity index (χ4v) is 6.05. The van der Waals surface area contributed by atoms with Gasteiger partial charge in [-0.15, -0.1) is 0 Å². The number of allylic oxidation sites excluding steroid dienone is 1. The number of carbonyl (C=O) groups is 2. The third kappa shape index (κ3) is 5.93. The number of hydrogen-bond donors (Lipinski definition) is 0. The predicted octanol–water partition coefficient (Wildman–Crippen LogP) is 5.29. The molecule has 222 valence electrons. The van der Waals surface area contributed by atoms with Gasteiger partial charge in [-0.25, -0.2) is 14.6 Å². The van der Waals surface area contributed by atoms with Crippen LogP contribution in [0.4, 0.5) is 0 Å². The quantitative estimate of drug-likeness (QED) is 0.246. The normalized spacial score (nSPS) is 14.9. The average Bonchev–Trinajstić information content (AvgIpc) is 3.56. The van der Waals surface area contributed by atoms with Gasteiger partial charge in [0.25, 0.3) is 5.56 Å². The highest BCUT2D eigenvalue weighted by molar-refractivity contribution is 7.07. The summed E-state index contributed by atoms with van der Waals surface area (Å²) in [5, 5.41) is 0.386. The molecule has 0 fully saturated rings. The Morgan fingerprint density at radius 1 is 1.14 bits per heavy atom. The number of carbonyl (C=O) groups excluding carboxylic acids is 2. The molecule has 1 atom stereocenters. The number of hydrogen-bond acceptors (Lipinski definition) is 9. The van der Waals surface area contributed by atoms with E-state index >= 15 is 0 Å². The Kier molecular flexibility index (Phi) is 8.70. The van der Waals surface area contributed by atoms with Gasteiger partial charge in [-0.05, 0) is 64.1 Å². The molecule has 0 unspecified atom stereocenters. The first-order valence-electron chi connectivity index (χ1n) is 13.6. The molecule has 0 saturated carbocycles. The molecule has 0 saturated heterocycles. The van der Waals surface area contributed by atoms with E-state index in [1.165, 1.54) is 23.0 Å². The molecule has 0 radical (unpaired) electrons. The van der Waals surface area contributed by atoms with E-state index in [9.17, 15) is 14.4 Å². The molecule has 0 N–H and O–H groups in total. The first-order valence-corrected chi connectivity index (χ1v) is 14.8. The number of halogens is 1. The molecule has 0 bridgehead atoms. The van der Waals surface area contributed by atoms with E-state index in [1.807, 2.05) is 38.1 Å². The molecule has 11 heteroatoms. The first-order chi connectivity index (χ1) is 20.6. The second-order valence-electron chi connectivity index (χ2n) is 9.89. The number of esters is 2. The van der Waals surface area contributed by atoms with Crippen molar-refractivity contribution >= 4 is 41.0 Å². The Balaban J connectivity index is 1.64. The Morgan fingerprint density at radius 2 is 1.91 bits per heavy atom. The van der Waals surface area contributed by atoms with Gasteiger partial charge in [0, 0.05) is 17.2 Å². The van der Waals surface area contributed by atoms with Gasteiger partial charge in [0.15, 0.2) is 4.80 Å². The number of nitrogens with zero attached hydrogens (tertiary/aromatic N) is 2. The summed E-state index contributed by atoms with van der Waals surface area (Å²) >= 11 is 7.57. The summed E-state index contributed by atoms with van der Waals surface area (Å²) < 4.78 is 24.2. The van der Waals surface area contributed by atoms with E-state index in [4.69, 9.17) is 30.2 Å². The van der Waals surface area contributed by atoms with Gasteiger partial charge >= 0.3 is 11.9 Å². The lowest BCUT2D eigenvalue weighted by Crippen LogP contribution is -2.40. The Bertz CT molecular complexity index is 1930. The van der Waals surface area contributed by atoms with Gasteiger partial charge in [0.1, 0.15) is 23.3 Å². The van der Waals surface area contributed by atoms with Crippen LogP contribution in [-0.2, 0) is 14.3 Å². The molecule has 4 aromatic rings. The number of aromatic nitrogens is 1. The van der Waals surface area contributed by atoms with Gasteiger partial charge in [-0.1, -0.05) is 41.1 Å². The summed E-state index contributed by atoms with van der Waals surface area (Å²) in [6.07, 6.45) is 1.48. The van der Waals surface area contributed by atoms with E-state index in [2.05, 4.69) is 4.99 Å². The van der Waals surface area contributed by atoms with Crippen molar-refractivity contribution in [1.82, 2.24) is 4.57 Å². The van der Waals surface area contributed by atoms with Gasteiger partial charge in [0.2, 0.25) is 0 Å². The molecule has 9 nitrogen and oxygen atoms in total. The fraction of sp³-hybridized carbons (Fsp3) is 0.250. The number of furan rings is 1. The summed E-state index contributed by atoms with van der Waals surface area (Å²) in [6.45, 7) is 7.44. The summed E-state index contributed by atoms with van der Waals surface area (Å²) in [6, 6.07) is 14.7. The smallest absolute Gasteiger partial charge is 0.338 e. The molecular formula is C32H29ClN2O7S. The topological polar surface area (TPSA) is 109 Å². The Morgan fingerprint density at radius 3 is 2.63 bits per heavy atom. The largest absolute Gasteiger partial charge is 0.491 e. The van der Waals surface area contributed by atoms with Crippen LogP contribution >= 0.6 is 22.9 Å². The van der Waals surface area contributed by atoms with Crippen molar-refractivity contribution in [3.63, 3.8) is 0 Å². The van der Waals surface area contributed by atoms with Crippen LogP contribution in [0.1, 0.15) is 55.4 Å². The number of thiazole rings is 1. The van der Waals surface area contributed by atoms with Crippen LogP contribution in [0, 0.1) is 0 Å². The number of fused-ring (bicyclic) bond motifs is 1. The van der Waals surface area contributed by atoms with Crippen molar-refractivity contribution in [1.29, 1.82) is 0 Å². The van der Waals surface area contributed by atoms with Crippen LogP contribution in [0.5, 0.6) is 5.75 Å². The van der Waals surface area contributed by atoms with E-state index in [0.717, 1.165) is 0 Å². The minimum Gasteiger partial charge on any atom is -0.491 e. The minimum absolute atomic E-state index is 0.136. The number of methoxy groups -OCH3 is 1. The zero-order valence-corrected chi connectivity index (χ0v) is 25.7. The first kappa shape index (κ1) is 30.1. The molecule has 1 aliphatic rings. The molecule has 0 aliphatic carbocycles. The summed E-state index contributed by atoms with van der Waals surface area (Å²) in [7, 11) is 1.30. The lowest BCUT2D eigenvalue weighted by atomic mass is 9.95. The molecule has 2 aromatic heterocycles.